The lowest BCUT2D eigenvalue weighted by molar-refractivity contribution is 0.0858. The van der Waals surface area contributed by atoms with E-state index < -0.39 is 0 Å². The number of anilines is 1. The normalized spacial score (nSPS) is 22.1. The summed E-state index contributed by atoms with van der Waals surface area (Å²) in [5.74, 6) is -0.0123. The van der Waals surface area contributed by atoms with Gasteiger partial charge in [0, 0.05) is 56.6 Å². The van der Waals surface area contributed by atoms with Crippen molar-refractivity contribution in [3.8, 4) is 0 Å². The zero-order chi connectivity index (χ0) is 16.9. The van der Waals surface area contributed by atoms with Crippen LogP contribution in [0.4, 0.5) is 5.69 Å². The van der Waals surface area contributed by atoms with Crippen LogP contribution in [0.25, 0.3) is 0 Å². The van der Waals surface area contributed by atoms with Gasteiger partial charge in [-0.2, -0.15) is 0 Å². The van der Waals surface area contributed by atoms with Crippen LogP contribution in [0.3, 0.4) is 0 Å². The highest BCUT2D eigenvalue weighted by Gasteiger charge is 2.20. The molecule has 0 saturated carbocycles. The topological polar surface area (TPSA) is 44.8 Å². The van der Waals surface area contributed by atoms with Gasteiger partial charge in [0.1, 0.15) is 0 Å². The zero-order valence-corrected chi connectivity index (χ0v) is 14.8. The minimum absolute atomic E-state index is 0.0123. The molecule has 0 aromatic heterocycles. The standard InChI is InChI=1S/C19H29N3O2/c1-15(2)21-9-11-22(12-10-21)17-7-5-16(6-8-17)19(23)20-14-18-4-3-13-24-18/h5-8,15,18H,3-4,9-14H2,1-2H3,(H,20,23). The first-order valence-corrected chi connectivity index (χ1v) is 9.12. The molecule has 1 amide bonds. The lowest BCUT2D eigenvalue weighted by Crippen LogP contribution is -2.48. The number of carbonyl (C=O) groups excluding carboxylic acids is 1. The summed E-state index contributed by atoms with van der Waals surface area (Å²) in [6.45, 7) is 10.2. The zero-order valence-electron chi connectivity index (χ0n) is 14.8. The molecule has 0 aliphatic carbocycles. The fraction of sp³-hybridized carbons (Fsp3) is 0.632. The van der Waals surface area contributed by atoms with Crippen molar-refractivity contribution >= 4 is 11.6 Å². The van der Waals surface area contributed by atoms with E-state index in [1.54, 1.807) is 0 Å². The molecule has 0 radical (unpaired) electrons. The number of hydrogen-bond acceptors (Lipinski definition) is 4. The first-order valence-electron chi connectivity index (χ1n) is 9.12. The number of nitrogens with one attached hydrogen (secondary N) is 1. The maximum absolute atomic E-state index is 12.2. The van der Waals surface area contributed by atoms with Crippen molar-refractivity contribution in [2.24, 2.45) is 0 Å². The van der Waals surface area contributed by atoms with E-state index in [1.807, 2.05) is 12.1 Å². The highest BCUT2D eigenvalue weighted by Crippen LogP contribution is 2.18. The third-order valence-corrected chi connectivity index (χ3v) is 5.05. The van der Waals surface area contributed by atoms with Gasteiger partial charge in [-0.25, -0.2) is 0 Å². The lowest BCUT2D eigenvalue weighted by atomic mass is 10.1. The predicted octanol–water partition coefficient (Wildman–Crippen LogP) is 2.13. The summed E-state index contributed by atoms with van der Waals surface area (Å²) >= 11 is 0. The fourth-order valence-corrected chi connectivity index (χ4v) is 3.43. The molecule has 1 aromatic carbocycles. The Hall–Kier alpha value is -1.59. The summed E-state index contributed by atoms with van der Waals surface area (Å²) in [6.07, 6.45) is 2.33. The molecule has 132 valence electrons. The van der Waals surface area contributed by atoms with Crippen molar-refractivity contribution in [2.45, 2.75) is 38.8 Å². The number of carbonyl (C=O) groups is 1. The van der Waals surface area contributed by atoms with Gasteiger partial charge in [-0.05, 0) is 51.0 Å². The van der Waals surface area contributed by atoms with Gasteiger partial charge in [-0.3, -0.25) is 9.69 Å². The first kappa shape index (κ1) is 17.2. The first-order chi connectivity index (χ1) is 11.6. The number of nitrogens with zero attached hydrogens (tertiary/aromatic N) is 2. The molecule has 1 atom stereocenters. The van der Waals surface area contributed by atoms with Gasteiger partial charge in [-0.1, -0.05) is 0 Å². The van der Waals surface area contributed by atoms with Gasteiger partial charge < -0.3 is 15.0 Å². The van der Waals surface area contributed by atoms with Crippen molar-refractivity contribution < 1.29 is 9.53 Å². The van der Waals surface area contributed by atoms with Crippen LogP contribution in [0.2, 0.25) is 0 Å². The Morgan fingerprint density at radius 1 is 1.21 bits per heavy atom. The number of ether oxygens (including phenoxy) is 1. The Morgan fingerprint density at radius 2 is 1.92 bits per heavy atom. The Morgan fingerprint density at radius 3 is 2.50 bits per heavy atom. The van der Waals surface area contributed by atoms with Crippen molar-refractivity contribution in [1.82, 2.24) is 10.2 Å². The second-order valence-electron chi connectivity index (χ2n) is 7.01. The number of rotatable bonds is 5. The molecule has 2 fully saturated rings. The monoisotopic (exact) mass is 331 g/mol. The van der Waals surface area contributed by atoms with E-state index in [2.05, 4.69) is 41.1 Å². The summed E-state index contributed by atoms with van der Waals surface area (Å²) < 4.78 is 5.54. The SMILES string of the molecule is CC(C)N1CCN(c2ccc(C(=O)NCC3CCCO3)cc2)CC1. The second kappa shape index (κ2) is 7.99. The molecule has 1 aromatic rings. The number of hydrogen-bond donors (Lipinski definition) is 1. The molecule has 1 N–H and O–H groups in total. The number of amides is 1. The fourth-order valence-electron chi connectivity index (χ4n) is 3.43. The maximum Gasteiger partial charge on any atom is 0.251 e. The van der Waals surface area contributed by atoms with E-state index in [4.69, 9.17) is 4.74 Å². The molecule has 2 aliphatic heterocycles. The maximum atomic E-state index is 12.2. The smallest absolute Gasteiger partial charge is 0.251 e. The predicted molar refractivity (Wildman–Crippen MR) is 96.7 cm³/mol. The van der Waals surface area contributed by atoms with E-state index in [1.165, 1.54) is 5.69 Å². The summed E-state index contributed by atoms with van der Waals surface area (Å²) in [7, 11) is 0. The van der Waals surface area contributed by atoms with Gasteiger partial charge >= 0.3 is 0 Å². The molecule has 3 rings (SSSR count). The minimum atomic E-state index is -0.0123. The van der Waals surface area contributed by atoms with E-state index in [0.29, 0.717) is 12.6 Å². The van der Waals surface area contributed by atoms with Crippen LogP contribution in [0, 0.1) is 0 Å². The van der Waals surface area contributed by atoms with Crippen LogP contribution in [-0.2, 0) is 4.74 Å². The largest absolute Gasteiger partial charge is 0.376 e. The van der Waals surface area contributed by atoms with Gasteiger partial charge in [0.2, 0.25) is 0 Å². The van der Waals surface area contributed by atoms with Crippen molar-refractivity contribution in [3.63, 3.8) is 0 Å². The van der Waals surface area contributed by atoms with Gasteiger partial charge in [0.25, 0.3) is 5.91 Å². The Balaban J connectivity index is 1.50. The van der Waals surface area contributed by atoms with Crippen LogP contribution < -0.4 is 10.2 Å². The third-order valence-electron chi connectivity index (χ3n) is 5.05. The Kier molecular flexibility index (Phi) is 5.74. The van der Waals surface area contributed by atoms with Crippen LogP contribution in [0.15, 0.2) is 24.3 Å². The highest BCUT2D eigenvalue weighted by atomic mass is 16.5. The van der Waals surface area contributed by atoms with E-state index in [9.17, 15) is 4.79 Å². The van der Waals surface area contributed by atoms with Crippen LogP contribution in [0.5, 0.6) is 0 Å². The minimum Gasteiger partial charge on any atom is -0.376 e. The van der Waals surface area contributed by atoms with Gasteiger partial charge in [0.05, 0.1) is 6.10 Å². The van der Waals surface area contributed by atoms with Gasteiger partial charge in [-0.15, -0.1) is 0 Å². The van der Waals surface area contributed by atoms with Crippen molar-refractivity contribution in [1.29, 1.82) is 0 Å². The van der Waals surface area contributed by atoms with Crippen molar-refractivity contribution in [3.05, 3.63) is 29.8 Å². The molecule has 5 nitrogen and oxygen atoms in total. The van der Waals surface area contributed by atoms with E-state index >= 15 is 0 Å². The molecule has 24 heavy (non-hydrogen) atoms. The Bertz CT molecular complexity index is 530. The van der Waals surface area contributed by atoms with Crippen molar-refractivity contribution in [2.75, 3.05) is 44.2 Å². The number of piperazine rings is 1. The molecule has 2 heterocycles. The summed E-state index contributed by atoms with van der Waals surface area (Å²) in [6, 6.07) is 8.59. The van der Waals surface area contributed by atoms with Crippen LogP contribution in [-0.4, -0.2) is 62.3 Å². The Labute approximate surface area is 145 Å². The number of benzene rings is 1. The summed E-state index contributed by atoms with van der Waals surface area (Å²) in [5, 5.41) is 2.97. The molecule has 5 heteroatoms. The van der Waals surface area contributed by atoms with Gasteiger partial charge in [0.15, 0.2) is 0 Å². The third kappa shape index (κ3) is 4.28. The molecule has 0 spiro atoms. The second-order valence-corrected chi connectivity index (χ2v) is 7.01. The molecular weight excluding hydrogens is 302 g/mol. The van der Waals surface area contributed by atoms with E-state index in [-0.39, 0.29) is 12.0 Å². The average Bonchev–Trinajstić information content (AvgIpc) is 3.13. The summed E-state index contributed by atoms with van der Waals surface area (Å²) in [4.78, 5) is 17.1. The average molecular weight is 331 g/mol. The molecule has 2 aliphatic rings. The highest BCUT2D eigenvalue weighted by molar-refractivity contribution is 5.94. The summed E-state index contributed by atoms with van der Waals surface area (Å²) in [5.41, 5.74) is 1.92. The molecular formula is C19H29N3O2. The lowest BCUT2D eigenvalue weighted by Gasteiger charge is -2.38. The van der Waals surface area contributed by atoms with Crippen LogP contribution >= 0.6 is 0 Å². The molecule has 1 unspecified atom stereocenters. The van der Waals surface area contributed by atoms with Crippen LogP contribution in [0.1, 0.15) is 37.0 Å². The molecule has 0 bridgehead atoms. The van der Waals surface area contributed by atoms with E-state index in [0.717, 1.165) is 51.2 Å². The quantitative estimate of drug-likeness (QED) is 0.898. The molecule has 2 saturated heterocycles.